The summed E-state index contributed by atoms with van der Waals surface area (Å²) >= 11 is 0. The summed E-state index contributed by atoms with van der Waals surface area (Å²) < 4.78 is 0. The van der Waals surface area contributed by atoms with Crippen molar-refractivity contribution < 1.29 is 0 Å². The number of benzene rings is 2. The number of fused-ring (bicyclic) bond motifs is 1. The number of hydrogen-bond acceptors (Lipinski definition) is 0. The Kier molecular flexibility index (Phi) is 2.82. The second kappa shape index (κ2) is 4.38. The Bertz CT molecular complexity index is 639. The Morgan fingerprint density at radius 2 is 1.63 bits per heavy atom. The maximum Gasteiger partial charge on any atom is 0.0138 e. The number of rotatable bonds is 1. The van der Waals surface area contributed by atoms with E-state index >= 15 is 0 Å². The van der Waals surface area contributed by atoms with E-state index in [0.29, 0.717) is 0 Å². The van der Waals surface area contributed by atoms with Crippen molar-refractivity contribution in [1.29, 1.82) is 0 Å². The van der Waals surface area contributed by atoms with Crippen LogP contribution in [0.1, 0.15) is 43.0 Å². The maximum absolute atomic E-state index is 2.32. The van der Waals surface area contributed by atoms with Gasteiger partial charge in [-0.15, -0.1) is 0 Å². The lowest BCUT2D eigenvalue weighted by Gasteiger charge is -2.20. The van der Waals surface area contributed by atoms with Gasteiger partial charge in [0.25, 0.3) is 0 Å². The van der Waals surface area contributed by atoms with E-state index in [1.165, 1.54) is 27.8 Å². The van der Waals surface area contributed by atoms with Gasteiger partial charge in [0, 0.05) is 6.42 Å². The minimum absolute atomic E-state index is 0.193. The van der Waals surface area contributed by atoms with E-state index in [4.69, 9.17) is 0 Å². The predicted octanol–water partition coefficient (Wildman–Crippen LogP) is 4.98. The third kappa shape index (κ3) is 2.23. The largest absolute Gasteiger partial charge is 0.0676 e. The standard InChI is InChI=1S/C19H19/c1-19(2,3)16-9-6-8-15(13-16)18-12-11-14-7-4-5-10-17(14)18/h4-13H,1-3H3. The van der Waals surface area contributed by atoms with Gasteiger partial charge in [0.1, 0.15) is 0 Å². The highest BCUT2D eigenvalue weighted by atomic mass is 14.2. The van der Waals surface area contributed by atoms with Crippen molar-refractivity contribution in [2.75, 3.05) is 0 Å². The Hall–Kier alpha value is -1.82. The normalized spacial score (nSPS) is 14.2. The zero-order valence-electron chi connectivity index (χ0n) is 11.8. The lowest BCUT2D eigenvalue weighted by atomic mass is 9.85. The molecule has 2 aromatic carbocycles. The highest BCUT2D eigenvalue weighted by Crippen LogP contribution is 2.35. The van der Waals surface area contributed by atoms with E-state index in [0.717, 1.165) is 0 Å². The molecule has 0 aliphatic heterocycles. The van der Waals surface area contributed by atoms with Crippen LogP contribution in [0.4, 0.5) is 0 Å². The van der Waals surface area contributed by atoms with Crippen LogP contribution in [0.3, 0.4) is 0 Å². The zero-order valence-corrected chi connectivity index (χ0v) is 11.8. The summed E-state index contributed by atoms with van der Waals surface area (Å²) in [6, 6.07) is 17.5. The molecule has 0 bridgehead atoms. The van der Waals surface area contributed by atoms with Crippen molar-refractivity contribution in [2.45, 2.75) is 26.2 Å². The maximum atomic E-state index is 2.32. The molecule has 1 aliphatic rings. The molecule has 0 saturated heterocycles. The average molecular weight is 247 g/mol. The van der Waals surface area contributed by atoms with E-state index in [2.05, 4.69) is 81.8 Å². The van der Waals surface area contributed by atoms with E-state index in [1.54, 1.807) is 0 Å². The Balaban J connectivity index is 2.06. The molecule has 0 fully saturated rings. The summed E-state index contributed by atoms with van der Waals surface area (Å²) in [5.41, 5.74) is 6.89. The van der Waals surface area contributed by atoms with Gasteiger partial charge in [-0.25, -0.2) is 0 Å². The van der Waals surface area contributed by atoms with Crippen LogP contribution in [0.25, 0.3) is 5.57 Å². The van der Waals surface area contributed by atoms with Crippen LogP contribution in [0.15, 0.2) is 54.6 Å². The highest BCUT2D eigenvalue weighted by molar-refractivity contribution is 5.87. The molecule has 0 heteroatoms. The summed E-state index contributed by atoms with van der Waals surface area (Å²) in [6.07, 6.45) is 4.43. The molecule has 95 valence electrons. The van der Waals surface area contributed by atoms with Crippen LogP contribution < -0.4 is 0 Å². The monoisotopic (exact) mass is 247 g/mol. The van der Waals surface area contributed by atoms with E-state index in [-0.39, 0.29) is 5.41 Å². The molecular formula is C19H19. The Morgan fingerprint density at radius 3 is 2.42 bits per heavy atom. The SMILES string of the molecule is CC(C)(C)c1cccc(C2=C[CH]c3ccccc32)c1. The van der Waals surface area contributed by atoms with Gasteiger partial charge >= 0.3 is 0 Å². The fourth-order valence-corrected chi connectivity index (χ4v) is 2.56. The molecule has 0 spiro atoms. The van der Waals surface area contributed by atoms with Gasteiger partial charge in [-0.05, 0) is 33.2 Å². The van der Waals surface area contributed by atoms with Gasteiger partial charge in [0.15, 0.2) is 0 Å². The Morgan fingerprint density at radius 1 is 0.842 bits per heavy atom. The summed E-state index contributed by atoms with van der Waals surface area (Å²) in [6.45, 7) is 6.78. The first-order chi connectivity index (χ1) is 9.05. The van der Waals surface area contributed by atoms with Crippen LogP contribution in [-0.2, 0) is 5.41 Å². The lowest BCUT2D eigenvalue weighted by molar-refractivity contribution is 0.590. The predicted molar refractivity (Wildman–Crippen MR) is 82.1 cm³/mol. The first-order valence-electron chi connectivity index (χ1n) is 6.81. The molecule has 1 radical (unpaired) electrons. The second-order valence-corrected chi connectivity index (χ2v) is 6.17. The Labute approximate surface area is 115 Å². The van der Waals surface area contributed by atoms with Crippen molar-refractivity contribution in [3.05, 3.63) is 83.3 Å². The van der Waals surface area contributed by atoms with Gasteiger partial charge in [-0.3, -0.25) is 0 Å². The van der Waals surface area contributed by atoms with Crippen molar-refractivity contribution in [3.8, 4) is 0 Å². The average Bonchev–Trinajstić information content (AvgIpc) is 2.82. The lowest BCUT2D eigenvalue weighted by Crippen LogP contribution is -2.11. The summed E-state index contributed by atoms with van der Waals surface area (Å²) in [4.78, 5) is 0. The topological polar surface area (TPSA) is 0 Å². The molecule has 0 N–H and O–H groups in total. The van der Waals surface area contributed by atoms with Crippen molar-refractivity contribution in [1.82, 2.24) is 0 Å². The van der Waals surface area contributed by atoms with Crippen molar-refractivity contribution in [2.24, 2.45) is 0 Å². The van der Waals surface area contributed by atoms with Gasteiger partial charge in [-0.2, -0.15) is 0 Å². The molecule has 3 rings (SSSR count). The number of hydrogen-bond donors (Lipinski definition) is 0. The van der Waals surface area contributed by atoms with Crippen LogP contribution >= 0.6 is 0 Å². The van der Waals surface area contributed by atoms with Gasteiger partial charge in [-0.1, -0.05) is 75.4 Å². The van der Waals surface area contributed by atoms with Crippen molar-refractivity contribution >= 4 is 5.57 Å². The van der Waals surface area contributed by atoms with E-state index < -0.39 is 0 Å². The minimum atomic E-state index is 0.193. The van der Waals surface area contributed by atoms with Gasteiger partial charge < -0.3 is 0 Å². The fourth-order valence-electron chi connectivity index (χ4n) is 2.56. The molecular weight excluding hydrogens is 228 g/mol. The minimum Gasteiger partial charge on any atom is -0.0676 e. The molecule has 0 aromatic heterocycles. The summed E-state index contributed by atoms with van der Waals surface area (Å²) in [5, 5.41) is 0. The molecule has 0 saturated carbocycles. The van der Waals surface area contributed by atoms with Gasteiger partial charge in [0.05, 0.1) is 0 Å². The smallest absolute Gasteiger partial charge is 0.0138 e. The first-order valence-corrected chi connectivity index (χ1v) is 6.81. The third-order valence-electron chi connectivity index (χ3n) is 3.72. The zero-order chi connectivity index (χ0) is 13.5. The molecule has 0 amide bonds. The van der Waals surface area contributed by atoms with E-state index in [1.807, 2.05) is 0 Å². The first kappa shape index (κ1) is 12.2. The van der Waals surface area contributed by atoms with Crippen LogP contribution in [-0.4, -0.2) is 0 Å². The number of allylic oxidation sites excluding steroid dienone is 1. The second-order valence-electron chi connectivity index (χ2n) is 6.17. The highest BCUT2D eigenvalue weighted by Gasteiger charge is 2.18. The molecule has 0 unspecified atom stereocenters. The van der Waals surface area contributed by atoms with Gasteiger partial charge in [0.2, 0.25) is 0 Å². The van der Waals surface area contributed by atoms with Crippen LogP contribution in [0, 0.1) is 6.42 Å². The molecule has 19 heavy (non-hydrogen) atoms. The van der Waals surface area contributed by atoms with Crippen LogP contribution in [0.2, 0.25) is 0 Å². The quantitative estimate of drug-likeness (QED) is 0.666. The summed E-state index contributed by atoms with van der Waals surface area (Å²) in [7, 11) is 0. The van der Waals surface area contributed by atoms with Crippen molar-refractivity contribution in [3.63, 3.8) is 0 Å². The molecule has 0 heterocycles. The summed E-state index contributed by atoms with van der Waals surface area (Å²) in [5.74, 6) is 0. The third-order valence-corrected chi connectivity index (χ3v) is 3.72. The van der Waals surface area contributed by atoms with E-state index in [9.17, 15) is 0 Å². The fraction of sp³-hybridized carbons (Fsp3) is 0.211. The molecule has 1 aliphatic carbocycles. The van der Waals surface area contributed by atoms with Crippen LogP contribution in [0.5, 0.6) is 0 Å². The molecule has 0 nitrogen and oxygen atoms in total. The molecule has 0 atom stereocenters. The molecule has 2 aromatic rings.